The van der Waals surface area contributed by atoms with E-state index < -0.39 is 41.7 Å². The van der Waals surface area contributed by atoms with Crippen molar-refractivity contribution in [2.24, 2.45) is 0 Å². The van der Waals surface area contributed by atoms with Gasteiger partial charge in [-0.05, 0) is 78.4 Å². The van der Waals surface area contributed by atoms with Gasteiger partial charge in [0.1, 0.15) is 11.5 Å². The number of amides is 4. The van der Waals surface area contributed by atoms with Crippen molar-refractivity contribution in [3.63, 3.8) is 0 Å². The Kier molecular flexibility index (Phi) is 13.8. The van der Waals surface area contributed by atoms with E-state index in [9.17, 15) is 32.3 Å². The van der Waals surface area contributed by atoms with Crippen LogP contribution < -0.4 is 20.4 Å². The van der Waals surface area contributed by atoms with Gasteiger partial charge in [0.15, 0.2) is 17.5 Å². The summed E-state index contributed by atoms with van der Waals surface area (Å²) < 4.78 is 92.0. The number of aryl methyl sites for hydroxylation is 1. The maximum atomic E-state index is 16.3. The third-order valence-corrected chi connectivity index (χ3v) is 12.6. The Morgan fingerprint density at radius 2 is 1.66 bits per heavy atom. The van der Waals surface area contributed by atoms with Gasteiger partial charge in [-0.2, -0.15) is 5.10 Å². The summed E-state index contributed by atoms with van der Waals surface area (Å²) in [5.74, 6) is -8.24. The molecule has 0 radical (unpaired) electrons. The van der Waals surface area contributed by atoms with Crippen molar-refractivity contribution >= 4 is 51.5 Å². The van der Waals surface area contributed by atoms with Gasteiger partial charge in [0.25, 0.3) is 11.8 Å². The number of imide groups is 1. The highest BCUT2D eigenvalue weighted by Gasteiger charge is 2.37. The number of piperazine rings is 1. The highest BCUT2D eigenvalue weighted by atomic mass is 19.3. The normalized spacial score (nSPS) is 18.6. The third-order valence-electron chi connectivity index (χ3n) is 12.6. The van der Waals surface area contributed by atoms with E-state index in [0.29, 0.717) is 49.2 Å². The van der Waals surface area contributed by atoms with Crippen LogP contribution in [-0.4, -0.2) is 121 Å². The van der Waals surface area contributed by atoms with E-state index in [4.69, 9.17) is 0 Å². The predicted octanol–water partition coefficient (Wildman–Crippen LogP) is 6.85. The minimum Gasteiger partial charge on any atom is -0.367 e. The topological polar surface area (TPSA) is 139 Å². The van der Waals surface area contributed by atoms with Crippen molar-refractivity contribution in [1.29, 1.82) is 0 Å². The first-order valence-electron chi connectivity index (χ1n) is 22.3. The highest BCUT2D eigenvalue weighted by Crippen LogP contribution is 2.41. The van der Waals surface area contributed by atoms with Gasteiger partial charge in [-0.3, -0.25) is 29.2 Å². The molecular formula is C48H51F6N9O4. The van der Waals surface area contributed by atoms with E-state index in [1.165, 1.54) is 49.3 Å². The summed E-state index contributed by atoms with van der Waals surface area (Å²) in [7, 11) is 3.05. The number of rotatable bonds is 9. The number of aromatic amines is 1. The van der Waals surface area contributed by atoms with E-state index in [1.807, 2.05) is 4.90 Å². The zero-order valence-electron chi connectivity index (χ0n) is 37.1. The van der Waals surface area contributed by atoms with Gasteiger partial charge in [-0.15, -0.1) is 0 Å². The molecule has 0 aliphatic carbocycles. The zero-order valence-corrected chi connectivity index (χ0v) is 37.1. The van der Waals surface area contributed by atoms with Crippen molar-refractivity contribution in [3.8, 4) is 11.1 Å². The second-order valence-corrected chi connectivity index (χ2v) is 17.4. The van der Waals surface area contributed by atoms with Gasteiger partial charge >= 0.3 is 0 Å². The molecule has 0 spiro atoms. The van der Waals surface area contributed by atoms with Crippen LogP contribution in [0.15, 0.2) is 67.0 Å². The lowest BCUT2D eigenvalue weighted by atomic mass is 9.90. The van der Waals surface area contributed by atoms with E-state index in [1.54, 1.807) is 46.3 Å². The molecule has 2 aromatic heterocycles. The first-order chi connectivity index (χ1) is 32.1. The molecule has 67 heavy (non-hydrogen) atoms. The zero-order chi connectivity index (χ0) is 47.6. The fourth-order valence-electron chi connectivity index (χ4n) is 9.10. The van der Waals surface area contributed by atoms with Crippen LogP contribution in [0, 0.1) is 23.3 Å². The monoisotopic (exact) mass is 931 g/mol. The summed E-state index contributed by atoms with van der Waals surface area (Å²) in [4.78, 5) is 57.7. The summed E-state index contributed by atoms with van der Waals surface area (Å²) in [5.41, 5.74) is 1.32. The molecule has 0 saturated carbocycles. The quantitative estimate of drug-likeness (QED) is 0.108. The lowest BCUT2D eigenvalue weighted by Gasteiger charge is -2.34. The Balaban J connectivity index is 0.000000241. The molecule has 1 unspecified atom stereocenters. The number of nitrogens with one attached hydrogen (secondary N) is 3. The van der Waals surface area contributed by atoms with Crippen molar-refractivity contribution in [3.05, 3.63) is 107 Å². The van der Waals surface area contributed by atoms with Crippen molar-refractivity contribution in [2.75, 3.05) is 76.3 Å². The first kappa shape index (κ1) is 46.9. The highest BCUT2D eigenvalue weighted by molar-refractivity contribution is 6.05. The van der Waals surface area contributed by atoms with Gasteiger partial charge in [-0.1, -0.05) is 12.1 Å². The summed E-state index contributed by atoms with van der Waals surface area (Å²) >= 11 is 0. The number of aromatic nitrogens is 3. The number of carbonyl (C=O) groups excluding carboxylic acids is 4. The minimum atomic E-state index is -3.03. The number of fused-ring (bicyclic) bond motifs is 1. The number of H-pyrrole nitrogens is 1. The van der Waals surface area contributed by atoms with Gasteiger partial charge in [0, 0.05) is 115 Å². The largest absolute Gasteiger partial charge is 0.367 e. The minimum absolute atomic E-state index is 0.0402. The SMILES string of the molecule is CN(C)C(=O)c1cc2c(-c3ccc(N4CCCC(F)(F)C4)c(F)c3F)cc(C3=CCCN(C(=O)CCn4cccn4)C3)c(F)c2[nH]1.O=C1CCC(c2ccc(N3CCNCC3)c(F)c2)C(=O)N1. The van der Waals surface area contributed by atoms with Crippen molar-refractivity contribution < 1.29 is 45.5 Å². The standard InChI is InChI=1S/C33H33F5N6O2.C15H18FN3O2/c1-41(2)32(46)25-17-24-23(21-7-8-26(30(36)28(21)34)43-13-4-10-33(37,38)19-43)16-22(29(35)31(24)40-25)20-6-3-12-42(18-20)27(45)9-15-44-14-5-11-39-44;16-12-9-10(11-2-4-14(20)18-15(11)21)1-3-13(12)19-7-5-17-6-8-19/h5-8,11,14,16-17,40H,3-4,9-10,12-13,15,18-19H2,1-2H3;1,3,9,11,17H,2,4-8H2,(H,18,20,21). The Morgan fingerprint density at radius 1 is 0.881 bits per heavy atom. The molecule has 354 valence electrons. The second-order valence-electron chi connectivity index (χ2n) is 17.4. The van der Waals surface area contributed by atoms with E-state index >= 15 is 13.2 Å². The number of hydrogen-bond donors (Lipinski definition) is 3. The van der Waals surface area contributed by atoms with Crippen LogP contribution >= 0.6 is 0 Å². The molecule has 3 fully saturated rings. The van der Waals surface area contributed by atoms with Crippen LogP contribution in [0.25, 0.3) is 27.6 Å². The molecule has 6 heterocycles. The molecule has 9 rings (SSSR count). The van der Waals surface area contributed by atoms with Gasteiger partial charge < -0.3 is 29.9 Å². The number of carbonyl (C=O) groups is 4. The van der Waals surface area contributed by atoms with Gasteiger partial charge in [0.05, 0.1) is 29.4 Å². The van der Waals surface area contributed by atoms with E-state index in [2.05, 4.69) is 20.7 Å². The number of nitrogens with zero attached hydrogens (tertiary/aromatic N) is 6. The number of piperidine rings is 2. The fourth-order valence-corrected chi connectivity index (χ4v) is 9.10. The maximum Gasteiger partial charge on any atom is 0.269 e. The molecule has 3 aromatic carbocycles. The molecule has 3 N–H and O–H groups in total. The lowest BCUT2D eigenvalue weighted by molar-refractivity contribution is -0.134. The Bertz CT molecular complexity index is 2720. The van der Waals surface area contributed by atoms with Crippen molar-refractivity contribution in [1.82, 2.24) is 35.2 Å². The number of anilines is 2. The molecule has 19 heteroatoms. The molecular weight excluding hydrogens is 881 g/mol. The van der Waals surface area contributed by atoms with Crippen LogP contribution in [0.2, 0.25) is 0 Å². The number of halogens is 6. The summed E-state index contributed by atoms with van der Waals surface area (Å²) in [6.07, 6.45) is 6.36. The molecule has 4 aliphatic rings. The molecule has 3 saturated heterocycles. The number of hydrogen-bond acceptors (Lipinski definition) is 8. The Morgan fingerprint density at radius 3 is 2.36 bits per heavy atom. The van der Waals surface area contributed by atoms with Crippen LogP contribution in [0.4, 0.5) is 37.7 Å². The Hall–Kier alpha value is -6.63. The molecule has 4 amide bonds. The average molecular weight is 932 g/mol. The number of alkyl halides is 2. The van der Waals surface area contributed by atoms with Crippen LogP contribution in [0.3, 0.4) is 0 Å². The van der Waals surface area contributed by atoms with Crippen LogP contribution in [-0.2, 0) is 20.9 Å². The second kappa shape index (κ2) is 19.7. The molecule has 13 nitrogen and oxygen atoms in total. The molecule has 5 aromatic rings. The predicted molar refractivity (Wildman–Crippen MR) is 241 cm³/mol. The van der Waals surface area contributed by atoms with E-state index in [-0.39, 0.29) is 94.9 Å². The first-order valence-corrected chi connectivity index (χ1v) is 22.3. The van der Waals surface area contributed by atoms with Gasteiger partial charge in [-0.25, -0.2) is 26.3 Å². The van der Waals surface area contributed by atoms with Crippen LogP contribution in [0.5, 0.6) is 0 Å². The fraction of sp³-hybridized carbons (Fsp3) is 0.396. The average Bonchev–Trinajstić information content (AvgIpc) is 4.01. The summed E-state index contributed by atoms with van der Waals surface area (Å²) in [6, 6.07) is 12.0. The van der Waals surface area contributed by atoms with Gasteiger partial charge in [0.2, 0.25) is 17.7 Å². The maximum absolute atomic E-state index is 16.3. The Labute approximate surface area is 382 Å². The van der Waals surface area contributed by atoms with Crippen molar-refractivity contribution in [2.45, 2.75) is 56.9 Å². The number of benzene rings is 3. The smallest absolute Gasteiger partial charge is 0.269 e. The van der Waals surface area contributed by atoms with E-state index in [0.717, 1.165) is 31.1 Å². The molecule has 4 aliphatic heterocycles. The molecule has 0 bridgehead atoms. The summed E-state index contributed by atoms with van der Waals surface area (Å²) in [5, 5.41) is 9.79. The lowest BCUT2D eigenvalue weighted by Crippen LogP contribution is -2.44. The molecule has 1 atom stereocenters. The third kappa shape index (κ3) is 10.2. The van der Waals surface area contributed by atoms with Crippen LogP contribution in [0.1, 0.15) is 66.1 Å². The summed E-state index contributed by atoms with van der Waals surface area (Å²) in [6.45, 7) is 3.54.